The predicted octanol–water partition coefficient (Wildman–Crippen LogP) is 10.8. The van der Waals surface area contributed by atoms with Crippen molar-refractivity contribution in [3.8, 4) is 0 Å². The first kappa shape index (κ1) is 34.7. The molecular formula is C36H64O3Si2. The summed E-state index contributed by atoms with van der Waals surface area (Å²) in [7, 11) is -3.90. The molecule has 5 heteroatoms. The molecule has 0 saturated heterocycles. The fourth-order valence-electron chi connectivity index (χ4n) is 7.58. The van der Waals surface area contributed by atoms with Gasteiger partial charge in [0.15, 0.2) is 16.6 Å². The summed E-state index contributed by atoms with van der Waals surface area (Å²) in [5, 5.41) is 0.325. The van der Waals surface area contributed by atoms with Gasteiger partial charge in [-0.25, -0.2) is 0 Å². The maximum atomic E-state index is 11.9. The van der Waals surface area contributed by atoms with Crippen molar-refractivity contribution in [3.05, 3.63) is 35.5 Å². The number of rotatable bonds is 8. The van der Waals surface area contributed by atoms with Crippen LogP contribution in [0.1, 0.15) is 114 Å². The van der Waals surface area contributed by atoms with E-state index in [1.165, 1.54) is 43.3 Å². The minimum atomic E-state index is -1.97. The van der Waals surface area contributed by atoms with Crippen molar-refractivity contribution in [2.75, 3.05) is 0 Å². The Kier molecular flexibility index (Phi) is 10.4. The minimum absolute atomic E-state index is 0.0176. The zero-order chi connectivity index (χ0) is 31.2. The third-order valence-electron chi connectivity index (χ3n) is 12.1. The van der Waals surface area contributed by atoms with Gasteiger partial charge in [0.1, 0.15) is 5.78 Å². The molecule has 234 valence electrons. The van der Waals surface area contributed by atoms with Crippen LogP contribution in [0.15, 0.2) is 35.5 Å². The zero-order valence-electron chi connectivity index (χ0n) is 29.1. The fraction of sp³-hybridized carbons (Fsp3) is 0.806. The highest BCUT2D eigenvalue weighted by Gasteiger charge is 2.51. The van der Waals surface area contributed by atoms with E-state index in [9.17, 15) is 4.79 Å². The molecule has 0 spiro atoms. The van der Waals surface area contributed by atoms with E-state index in [0.29, 0.717) is 29.0 Å². The van der Waals surface area contributed by atoms with Crippen molar-refractivity contribution in [2.45, 2.75) is 162 Å². The van der Waals surface area contributed by atoms with Crippen LogP contribution in [0, 0.1) is 23.2 Å². The van der Waals surface area contributed by atoms with E-state index in [4.69, 9.17) is 8.85 Å². The Morgan fingerprint density at radius 1 is 1.02 bits per heavy atom. The van der Waals surface area contributed by atoms with E-state index >= 15 is 0 Å². The number of carbonyl (C=O) groups excluding carboxylic acids is 1. The smallest absolute Gasteiger partial charge is 0.192 e. The van der Waals surface area contributed by atoms with Crippen LogP contribution in [0.2, 0.25) is 36.3 Å². The summed E-state index contributed by atoms with van der Waals surface area (Å²) in [4.78, 5) is 11.9. The molecule has 3 aliphatic carbocycles. The Hall–Kier alpha value is -0.756. The summed E-state index contributed by atoms with van der Waals surface area (Å²) in [6.45, 7) is 34.7. The lowest BCUT2D eigenvalue weighted by Gasteiger charge is -2.46. The average molecular weight is 601 g/mol. The van der Waals surface area contributed by atoms with Crippen LogP contribution >= 0.6 is 0 Å². The summed E-state index contributed by atoms with van der Waals surface area (Å²) >= 11 is 0. The number of Topliss-reactive ketones (excluding diaryl/α,β-unsaturated/α-hetero) is 1. The van der Waals surface area contributed by atoms with Crippen molar-refractivity contribution in [3.63, 3.8) is 0 Å². The second-order valence-electron chi connectivity index (χ2n) is 17.2. The minimum Gasteiger partial charge on any atom is -0.413 e. The second kappa shape index (κ2) is 12.3. The standard InChI is InChI=1S/C36H64O3Si2/c1-25(22-26(2)37)31-19-20-32-28(16-15-21-36(31,32)10)17-18-29-23-30(38-40(11,12)34(4,5)6)24-33(27(29)3)39-41(13,14)35(7,8)9/h17-18,25,30-33H,3,15-16,19-24H2,1-2,4-14H3/b28-17+,29-18-/t25-,30-,31-,32+,33+,36-/m1/s1. The van der Waals surface area contributed by atoms with Gasteiger partial charge in [-0.1, -0.05) is 79.7 Å². The van der Waals surface area contributed by atoms with E-state index in [-0.39, 0.29) is 22.3 Å². The molecule has 0 aliphatic heterocycles. The molecule has 3 saturated carbocycles. The highest BCUT2D eigenvalue weighted by atomic mass is 28.4. The zero-order valence-corrected chi connectivity index (χ0v) is 31.1. The highest BCUT2D eigenvalue weighted by Crippen LogP contribution is 2.60. The molecule has 0 unspecified atom stereocenters. The third-order valence-corrected chi connectivity index (χ3v) is 21.1. The van der Waals surface area contributed by atoms with E-state index in [0.717, 1.165) is 19.3 Å². The third kappa shape index (κ3) is 7.67. The molecule has 0 aromatic carbocycles. The van der Waals surface area contributed by atoms with Gasteiger partial charge in [-0.05, 0) is 116 Å². The van der Waals surface area contributed by atoms with E-state index in [2.05, 4.69) is 100 Å². The van der Waals surface area contributed by atoms with Gasteiger partial charge in [0.2, 0.25) is 0 Å². The first-order valence-electron chi connectivity index (χ1n) is 16.5. The van der Waals surface area contributed by atoms with Crippen LogP contribution in [0.5, 0.6) is 0 Å². The number of hydrogen-bond acceptors (Lipinski definition) is 3. The van der Waals surface area contributed by atoms with E-state index in [1.807, 2.05) is 0 Å². The molecule has 6 atom stereocenters. The van der Waals surface area contributed by atoms with Gasteiger partial charge in [0, 0.05) is 12.8 Å². The number of ketones is 1. The maximum absolute atomic E-state index is 11.9. The highest BCUT2D eigenvalue weighted by molar-refractivity contribution is 6.74. The molecule has 0 heterocycles. The SMILES string of the molecule is C=C1/C(=C\C=C2/CCC[C@]3(C)[C@@H]([C@H](C)CC(C)=O)CC[C@@H]23)C[C@@H](O[Si](C)(C)C(C)(C)C)C[C@@H]1O[Si](C)(C)C(C)(C)C. The molecule has 3 aliphatic rings. The Morgan fingerprint density at radius 3 is 2.17 bits per heavy atom. The number of carbonyl (C=O) groups is 1. The van der Waals surface area contributed by atoms with E-state index < -0.39 is 16.6 Å². The molecule has 0 aromatic rings. The Balaban J connectivity index is 1.92. The summed E-state index contributed by atoms with van der Waals surface area (Å²) in [5.41, 5.74) is 4.41. The van der Waals surface area contributed by atoms with Crippen LogP contribution in [0.4, 0.5) is 0 Å². The van der Waals surface area contributed by atoms with Gasteiger partial charge < -0.3 is 13.6 Å². The largest absolute Gasteiger partial charge is 0.413 e. The second-order valence-corrected chi connectivity index (χ2v) is 26.8. The lowest BCUT2D eigenvalue weighted by molar-refractivity contribution is -0.118. The average Bonchev–Trinajstić information content (AvgIpc) is 3.15. The molecule has 0 N–H and O–H groups in total. The lowest BCUT2D eigenvalue weighted by Crippen LogP contribution is -2.49. The van der Waals surface area contributed by atoms with Crippen molar-refractivity contribution < 1.29 is 13.6 Å². The molecule has 0 bridgehead atoms. The van der Waals surface area contributed by atoms with Crippen molar-refractivity contribution >= 4 is 22.4 Å². The summed E-state index contributed by atoms with van der Waals surface area (Å²) in [6.07, 6.45) is 13.8. The molecular weight excluding hydrogens is 537 g/mol. The normalized spacial score (nSPS) is 32.9. The fourth-order valence-corrected chi connectivity index (χ4v) is 10.2. The van der Waals surface area contributed by atoms with E-state index in [1.54, 1.807) is 12.5 Å². The Bertz CT molecular complexity index is 1040. The summed E-state index contributed by atoms with van der Waals surface area (Å²) in [6, 6.07) is 0. The van der Waals surface area contributed by atoms with Gasteiger partial charge in [0.25, 0.3) is 0 Å². The predicted molar refractivity (Wildman–Crippen MR) is 181 cm³/mol. The molecule has 0 aromatic heterocycles. The maximum Gasteiger partial charge on any atom is 0.192 e. The number of allylic oxidation sites excluding steroid dienone is 3. The summed E-state index contributed by atoms with van der Waals surface area (Å²) < 4.78 is 14.1. The Morgan fingerprint density at radius 2 is 1.61 bits per heavy atom. The van der Waals surface area contributed by atoms with Crippen LogP contribution in [-0.4, -0.2) is 34.6 Å². The van der Waals surface area contributed by atoms with Gasteiger partial charge in [-0.15, -0.1) is 0 Å². The van der Waals surface area contributed by atoms with Crippen molar-refractivity contribution in [2.24, 2.45) is 23.2 Å². The first-order chi connectivity index (χ1) is 18.6. The lowest BCUT2D eigenvalue weighted by atomic mass is 9.60. The van der Waals surface area contributed by atoms with Gasteiger partial charge in [-0.3, -0.25) is 0 Å². The topological polar surface area (TPSA) is 35.5 Å². The number of fused-ring (bicyclic) bond motifs is 1. The number of hydrogen-bond donors (Lipinski definition) is 0. The van der Waals surface area contributed by atoms with Crippen LogP contribution in [-0.2, 0) is 13.6 Å². The molecule has 3 fully saturated rings. The molecule has 41 heavy (non-hydrogen) atoms. The molecule has 3 nitrogen and oxygen atoms in total. The molecule has 0 radical (unpaired) electrons. The van der Waals surface area contributed by atoms with Crippen LogP contribution < -0.4 is 0 Å². The monoisotopic (exact) mass is 600 g/mol. The van der Waals surface area contributed by atoms with Crippen molar-refractivity contribution in [1.29, 1.82) is 0 Å². The first-order valence-corrected chi connectivity index (χ1v) is 22.3. The van der Waals surface area contributed by atoms with Gasteiger partial charge >= 0.3 is 0 Å². The van der Waals surface area contributed by atoms with Crippen LogP contribution in [0.25, 0.3) is 0 Å². The molecule has 0 amide bonds. The summed E-state index contributed by atoms with van der Waals surface area (Å²) in [5.74, 6) is 2.07. The van der Waals surface area contributed by atoms with Gasteiger partial charge in [-0.2, -0.15) is 0 Å². The Labute approximate surface area is 256 Å². The molecule has 3 rings (SSSR count). The van der Waals surface area contributed by atoms with Gasteiger partial charge in [0.05, 0.1) is 12.2 Å². The van der Waals surface area contributed by atoms with Crippen LogP contribution in [0.3, 0.4) is 0 Å². The van der Waals surface area contributed by atoms with Crippen molar-refractivity contribution in [1.82, 2.24) is 0 Å². The quantitative estimate of drug-likeness (QED) is 0.260.